The highest BCUT2D eigenvalue weighted by Crippen LogP contribution is 2.37. The first-order chi connectivity index (χ1) is 11.2. The molecule has 2 aromatic rings. The zero-order chi connectivity index (χ0) is 15.8. The van der Waals surface area contributed by atoms with Crippen LogP contribution in [0.5, 0.6) is 0 Å². The number of amides is 1. The van der Waals surface area contributed by atoms with Gasteiger partial charge in [-0.15, -0.1) is 11.3 Å². The van der Waals surface area contributed by atoms with Gasteiger partial charge in [0.2, 0.25) is 0 Å². The van der Waals surface area contributed by atoms with E-state index in [0.29, 0.717) is 12.5 Å². The minimum atomic E-state index is -0.469. The lowest BCUT2D eigenvalue weighted by Crippen LogP contribution is -2.37. The fraction of sp³-hybridized carbons (Fsp3) is 0.500. The lowest BCUT2D eigenvalue weighted by molar-refractivity contribution is 0.0659. The van der Waals surface area contributed by atoms with E-state index >= 15 is 0 Å². The Labute approximate surface area is 140 Å². The van der Waals surface area contributed by atoms with Gasteiger partial charge in [0.25, 0.3) is 5.91 Å². The molecule has 2 aliphatic rings. The fourth-order valence-corrected chi connectivity index (χ4v) is 4.32. The number of hydrogen-bond acceptors (Lipinski definition) is 3. The van der Waals surface area contributed by atoms with Gasteiger partial charge in [-0.3, -0.25) is 4.79 Å². The molecule has 1 amide bonds. The summed E-state index contributed by atoms with van der Waals surface area (Å²) in [5.41, 5.74) is 0.810. The highest BCUT2D eigenvalue weighted by molar-refractivity contribution is 7.10. The van der Waals surface area contributed by atoms with Crippen LogP contribution in [0.3, 0.4) is 0 Å². The molecular formula is C18H22N2O2S. The maximum atomic E-state index is 13.0. The van der Waals surface area contributed by atoms with Gasteiger partial charge in [-0.05, 0) is 55.7 Å². The lowest BCUT2D eigenvalue weighted by Gasteiger charge is -2.27. The molecule has 1 N–H and O–H groups in total. The molecule has 4 nitrogen and oxygen atoms in total. The molecule has 4 rings (SSSR count). The van der Waals surface area contributed by atoms with Crippen molar-refractivity contribution in [1.29, 1.82) is 0 Å². The Hall–Kier alpha value is -1.59. The number of aromatic nitrogens is 1. The molecule has 1 saturated heterocycles. The van der Waals surface area contributed by atoms with E-state index in [0.717, 1.165) is 30.0 Å². The molecule has 5 heteroatoms. The molecule has 0 aromatic carbocycles. The minimum absolute atomic E-state index is 0.128. The summed E-state index contributed by atoms with van der Waals surface area (Å²) in [7, 11) is 0. The number of nitrogens with zero attached hydrogens (tertiary/aromatic N) is 2. The van der Waals surface area contributed by atoms with Crippen LogP contribution in [0.15, 0.2) is 35.8 Å². The van der Waals surface area contributed by atoms with E-state index in [1.165, 1.54) is 12.8 Å². The number of hydrogen-bond donors (Lipinski definition) is 1. The predicted molar refractivity (Wildman–Crippen MR) is 90.7 cm³/mol. The van der Waals surface area contributed by atoms with Gasteiger partial charge < -0.3 is 14.6 Å². The van der Waals surface area contributed by atoms with Crippen molar-refractivity contribution in [3.8, 4) is 0 Å². The van der Waals surface area contributed by atoms with Gasteiger partial charge in [0.05, 0.1) is 6.10 Å². The van der Waals surface area contributed by atoms with Crippen LogP contribution in [-0.2, 0) is 0 Å². The first kappa shape index (κ1) is 15.0. The highest BCUT2D eigenvalue weighted by atomic mass is 32.1. The number of thiophene rings is 1. The van der Waals surface area contributed by atoms with Crippen molar-refractivity contribution in [2.45, 2.75) is 50.3 Å². The van der Waals surface area contributed by atoms with Crippen LogP contribution in [0.4, 0.5) is 0 Å². The predicted octanol–water partition coefficient (Wildman–Crippen LogP) is 3.61. The summed E-state index contributed by atoms with van der Waals surface area (Å²) in [6.07, 6.45) is 6.55. The molecule has 1 saturated carbocycles. The average molecular weight is 330 g/mol. The summed E-state index contributed by atoms with van der Waals surface area (Å²) in [4.78, 5) is 15.9. The minimum Gasteiger partial charge on any atom is -0.387 e. The number of aliphatic hydroxyl groups is 1. The van der Waals surface area contributed by atoms with E-state index in [1.807, 2.05) is 40.7 Å². The maximum Gasteiger partial charge on any atom is 0.270 e. The third-order valence-electron chi connectivity index (χ3n) is 4.94. The van der Waals surface area contributed by atoms with Crippen molar-refractivity contribution in [2.24, 2.45) is 0 Å². The van der Waals surface area contributed by atoms with E-state index in [9.17, 15) is 9.90 Å². The number of carbonyl (C=O) groups excluding carboxylic acids is 1. The molecule has 2 aromatic heterocycles. The van der Waals surface area contributed by atoms with Crippen LogP contribution in [-0.4, -0.2) is 33.1 Å². The second-order valence-electron chi connectivity index (χ2n) is 6.59. The summed E-state index contributed by atoms with van der Waals surface area (Å²) in [6.45, 7) is 0.802. The zero-order valence-corrected chi connectivity index (χ0v) is 13.9. The van der Waals surface area contributed by atoms with Crippen molar-refractivity contribution < 1.29 is 9.90 Å². The fourth-order valence-electron chi connectivity index (χ4n) is 3.60. The van der Waals surface area contributed by atoms with Crippen LogP contribution >= 0.6 is 11.3 Å². The zero-order valence-electron chi connectivity index (χ0n) is 13.1. The lowest BCUT2D eigenvalue weighted by atomic mass is 10.1. The number of aliphatic hydroxyl groups excluding tert-OH is 1. The Morgan fingerprint density at radius 3 is 2.91 bits per heavy atom. The molecular weight excluding hydrogens is 308 g/mol. The van der Waals surface area contributed by atoms with Crippen molar-refractivity contribution in [2.75, 3.05) is 6.54 Å². The van der Waals surface area contributed by atoms with Crippen molar-refractivity contribution in [1.82, 2.24) is 9.47 Å². The summed E-state index contributed by atoms with van der Waals surface area (Å²) in [5.74, 6) is 0.128. The number of carbonyl (C=O) groups is 1. The monoisotopic (exact) mass is 330 g/mol. The van der Waals surface area contributed by atoms with Gasteiger partial charge in [0.1, 0.15) is 5.69 Å². The van der Waals surface area contributed by atoms with Crippen LogP contribution in [0, 0.1) is 0 Å². The molecule has 2 atom stereocenters. The normalized spacial score (nSPS) is 22.5. The van der Waals surface area contributed by atoms with Crippen LogP contribution < -0.4 is 0 Å². The van der Waals surface area contributed by atoms with Crippen molar-refractivity contribution in [3.05, 3.63) is 46.4 Å². The highest BCUT2D eigenvalue weighted by Gasteiger charge is 2.34. The number of rotatable bonds is 5. The van der Waals surface area contributed by atoms with Gasteiger partial charge >= 0.3 is 0 Å². The Kier molecular flexibility index (Phi) is 3.99. The maximum absolute atomic E-state index is 13.0. The largest absolute Gasteiger partial charge is 0.387 e. The van der Waals surface area contributed by atoms with Crippen molar-refractivity contribution in [3.63, 3.8) is 0 Å². The quantitative estimate of drug-likeness (QED) is 0.910. The average Bonchev–Trinajstić information content (AvgIpc) is 3.03. The topological polar surface area (TPSA) is 45.5 Å². The molecule has 2 fully saturated rings. The molecule has 23 heavy (non-hydrogen) atoms. The Morgan fingerprint density at radius 1 is 1.30 bits per heavy atom. The van der Waals surface area contributed by atoms with E-state index in [2.05, 4.69) is 4.57 Å². The van der Waals surface area contributed by atoms with Gasteiger partial charge in [-0.1, -0.05) is 6.07 Å². The summed E-state index contributed by atoms with van der Waals surface area (Å²) in [5, 5.41) is 12.4. The first-order valence-electron chi connectivity index (χ1n) is 8.43. The second-order valence-corrected chi connectivity index (χ2v) is 7.57. The molecule has 0 spiro atoms. The molecule has 0 radical (unpaired) electrons. The molecule has 2 unspecified atom stereocenters. The van der Waals surface area contributed by atoms with Gasteiger partial charge in [-0.25, -0.2) is 0 Å². The molecule has 1 aliphatic heterocycles. The van der Waals surface area contributed by atoms with Gasteiger partial charge in [-0.2, -0.15) is 0 Å². The van der Waals surface area contributed by atoms with Crippen LogP contribution in [0.2, 0.25) is 0 Å². The summed E-state index contributed by atoms with van der Waals surface area (Å²) >= 11 is 1.58. The number of likely N-dealkylation sites (tertiary alicyclic amines) is 1. The van der Waals surface area contributed by atoms with Crippen molar-refractivity contribution >= 4 is 17.2 Å². The molecule has 122 valence electrons. The Bertz CT molecular complexity index is 675. The van der Waals surface area contributed by atoms with Gasteiger partial charge in [0.15, 0.2) is 0 Å². The molecule has 1 aliphatic carbocycles. The van der Waals surface area contributed by atoms with E-state index in [4.69, 9.17) is 0 Å². The van der Waals surface area contributed by atoms with E-state index in [-0.39, 0.29) is 11.9 Å². The third-order valence-corrected chi connectivity index (χ3v) is 5.92. The third kappa shape index (κ3) is 2.95. The van der Waals surface area contributed by atoms with E-state index < -0.39 is 6.10 Å². The molecule has 0 bridgehead atoms. The molecule has 3 heterocycles. The Balaban J connectivity index is 1.48. The Morgan fingerprint density at radius 2 is 2.17 bits per heavy atom. The van der Waals surface area contributed by atoms with Crippen LogP contribution in [0.25, 0.3) is 0 Å². The van der Waals surface area contributed by atoms with E-state index in [1.54, 1.807) is 11.3 Å². The summed E-state index contributed by atoms with van der Waals surface area (Å²) < 4.78 is 2.13. The second kappa shape index (κ2) is 6.13. The van der Waals surface area contributed by atoms with Crippen LogP contribution in [0.1, 0.15) is 59.6 Å². The smallest absolute Gasteiger partial charge is 0.270 e. The first-order valence-corrected chi connectivity index (χ1v) is 9.31. The van der Waals surface area contributed by atoms with Gasteiger partial charge in [0, 0.05) is 29.7 Å². The summed E-state index contributed by atoms with van der Waals surface area (Å²) in [6, 6.07) is 8.49. The standard InChI is InChI=1S/C18H22N2O2S/c21-16(17-6-3-11-23-17)12-14-4-1-10-20(14)18(22)15-5-2-9-19(15)13-7-8-13/h2-3,5-6,9,11,13-14,16,21H,1,4,7-8,10,12H2. The SMILES string of the molecule is O=C(c1cccn1C1CC1)N1CCCC1CC(O)c1cccs1.